The Hall–Kier alpha value is -2.64. The van der Waals surface area contributed by atoms with Crippen molar-refractivity contribution in [3.63, 3.8) is 0 Å². The molecule has 1 unspecified atom stereocenters. The van der Waals surface area contributed by atoms with Crippen LogP contribution in [0.2, 0.25) is 0 Å². The molecule has 0 radical (unpaired) electrons. The fourth-order valence-electron chi connectivity index (χ4n) is 2.27. The molecule has 2 rings (SSSR count). The molecular formula is C16H10F5O3-. The molecule has 0 aliphatic carbocycles. The van der Waals surface area contributed by atoms with Crippen molar-refractivity contribution in [2.45, 2.75) is 11.6 Å². The van der Waals surface area contributed by atoms with Gasteiger partial charge in [0.25, 0.3) is 0 Å². The molecule has 0 saturated heterocycles. The highest BCUT2D eigenvalue weighted by molar-refractivity contribution is 5.80. The number of alkyl halides is 3. The number of carboxylic acid groups (broad SMARTS) is 1. The van der Waals surface area contributed by atoms with Crippen molar-refractivity contribution < 1.29 is 36.6 Å². The van der Waals surface area contributed by atoms with Gasteiger partial charge in [-0.3, -0.25) is 0 Å². The van der Waals surface area contributed by atoms with Crippen LogP contribution >= 0.6 is 0 Å². The molecule has 0 bridgehead atoms. The van der Waals surface area contributed by atoms with Crippen LogP contribution in [0.5, 0.6) is 5.75 Å². The molecule has 0 aromatic heterocycles. The van der Waals surface area contributed by atoms with E-state index in [1.807, 2.05) is 0 Å². The topological polar surface area (TPSA) is 49.4 Å². The molecule has 0 fully saturated rings. The van der Waals surface area contributed by atoms with E-state index < -0.39 is 46.1 Å². The van der Waals surface area contributed by atoms with Crippen molar-refractivity contribution in [3.8, 4) is 5.75 Å². The molecule has 128 valence electrons. The highest BCUT2D eigenvalue weighted by Gasteiger charge is 2.61. The Morgan fingerprint density at radius 2 is 1.58 bits per heavy atom. The van der Waals surface area contributed by atoms with E-state index in [2.05, 4.69) is 0 Å². The van der Waals surface area contributed by atoms with Gasteiger partial charge in [0.1, 0.15) is 5.75 Å². The molecule has 3 nitrogen and oxygen atoms in total. The molecule has 0 amide bonds. The number of methoxy groups -OCH3 is 1. The number of aliphatic carboxylic acids is 1. The van der Waals surface area contributed by atoms with E-state index >= 15 is 4.39 Å². The quantitative estimate of drug-likeness (QED) is 0.783. The lowest BCUT2D eigenvalue weighted by atomic mass is 9.84. The number of hydrogen-bond donors (Lipinski definition) is 0. The van der Waals surface area contributed by atoms with Gasteiger partial charge in [0.15, 0.2) is 11.6 Å². The highest BCUT2D eigenvalue weighted by Crippen LogP contribution is 2.51. The van der Waals surface area contributed by atoms with E-state index in [-0.39, 0.29) is 0 Å². The maximum absolute atomic E-state index is 15.1. The van der Waals surface area contributed by atoms with Crippen LogP contribution < -0.4 is 9.84 Å². The van der Waals surface area contributed by atoms with Crippen molar-refractivity contribution in [1.29, 1.82) is 0 Å². The Morgan fingerprint density at radius 1 is 1.00 bits per heavy atom. The zero-order valence-corrected chi connectivity index (χ0v) is 12.2. The Bertz CT molecular complexity index is 778. The Kier molecular flexibility index (Phi) is 4.50. The van der Waals surface area contributed by atoms with E-state index in [4.69, 9.17) is 4.74 Å². The largest absolute Gasteiger partial charge is 0.546 e. The molecule has 0 aliphatic heterocycles. The zero-order valence-electron chi connectivity index (χ0n) is 12.2. The van der Waals surface area contributed by atoms with Gasteiger partial charge in [0, 0.05) is 5.56 Å². The van der Waals surface area contributed by atoms with E-state index in [1.54, 1.807) is 0 Å². The molecule has 0 saturated carbocycles. The van der Waals surface area contributed by atoms with Gasteiger partial charge in [-0.05, 0) is 18.2 Å². The van der Waals surface area contributed by atoms with Gasteiger partial charge in [-0.2, -0.15) is 8.78 Å². The maximum Gasteiger partial charge on any atom is 0.319 e. The van der Waals surface area contributed by atoms with Crippen LogP contribution in [0, 0.1) is 11.6 Å². The third-order valence-corrected chi connectivity index (χ3v) is 3.48. The minimum absolute atomic E-state index is 0.394. The summed E-state index contributed by atoms with van der Waals surface area (Å²) in [7, 11) is 1.01. The van der Waals surface area contributed by atoms with Crippen molar-refractivity contribution in [2.24, 2.45) is 0 Å². The average Bonchev–Trinajstić information content (AvgIpc) is 2.55. The van der Waals surface area contributed by atoms with E-state index in [1.165, 1.54) is 6.07 Å². The standard InChI is InChI=1S/C16H11F5O3/c1-24-12-8-3-2-5-9(12)15(19,14(22)23)16(20,21)10-6-4-7-11(17)13(10)18/h2-8H,1H3,(H,22,23)/p-1. The van der Waals surface area contributed by atoms with E-state index in [0.717, 1.165) is 25.3 Å². The molecule has 2 aromatic carbocycles. The minimum atomic E-state index is -4.98. The SMILES string of the molecule is COc1ccccc1C(F)(C(=O)[O-])C(F)(F)c1cccc(F)c1F. The second-order valence-corrected chi connectivity index (χ2v) is 4.82. The normalized spacial score (nSPS) is 14.1. The number of hydrogen-bond acceptors (Lipinski definition) is 3. The fourth-order valence-corrected chi connectivity index (χ4v) is 2.27. The summed E-state index contributed by atoms with van der Waals surface area (Å²) < 4.78 is 76.0. The van der Waals surface area contributed by atoms with Gasteiger partial charge >= 0.3 is 5.92 Å². The summed E-state index contributed by atoms with van der Waals surface area (Å²) in [6.07, 6.45) is 0. The first-order chi connectivity index (χ1) is 11.2. The molecule has 0 heterocycles. The van der Waals surface area contributed by atoms with Gasteiger partial charge in [0.05, 0.1) is 18.6 Å². The summed E-state index contributed by atoms with van der Waals surface area (Å²) in [4.78, 5) is 11.3. The number of rotatable bonds is 5. The maximum atomic E-state index is 15.1. The lowest BCUT2D eigenvalue weighted by Crippen LogP contribution is -2.53. The van der Waals surface area contributed by atoms with Crippen molar-refractivity contribution in [1.82, 2.24) is 0 Å². The number of halogens is 5. The fraction of sp³-hybridized carbons (Fsp3) is 0.188. The number of ether oxygens (including phenoxy) is 1. The number of carbonyl (C=O) groups is 1. The van der Waals surface area contributed by atoms with Crippen LogP contribution in [-0.2, 0) is 16.4 Å². The summed E-state index contributed by atoms with van der Waals surface area (Å²) in [6.45, 7) is 0. The van der Waals surface area contributed by atoms with Crippen LogP contribution in [0.15, 0.2) is 42.5 Å². The van der Waals surface area contributed by atoms with Crippen LogP contribution in [0.1, 0.15) is 11.1 Å². The van der Waals surface area contributed by atoms with Gasteiger partial charge in [-0.15, -0.1) is 0 Å². The first-order valence-electron chi connectivity index (χ1n) is 6.54. The summed E-state index contributed by atoms with van der Waals surface area (Å²) in [5.74, 6) is -12.0. The van der Waals surface area contributed by atoms with Crippen molar-refractivity contribution >= 4 is 5.97 Å². The molecule has 2 aromatic rings. The number of para-hydroxylation sites is 1. The van der Waals surface area contributed by atoms with Crippen LogP contribution in [-0.4, -0.2) is 13.1 Å². The zero-order chi connectivity index (χ0) is 18.1. The molecule has 0 aliphatic rings. The molecule has 0 spiro atoms. The van der Waals surface area contributed by atoms with Gasteiger partial charge in [0.2, 0.25) is 5.67 Å². The second-order valence-electron chi connectivity index (χ2n) is 4.82. The molecule has 8 heteroatoms. The average molecular weight is 345 g/mol. The van der Waals surface area contributed by atoms with Crippen LogP contribution in [0.4, 0.5) is 22.0 Å². The Morgan fingerprint density at radius 3 is 2.17 bits per heavy atom. The summed E-state index contributed by atoms with van der Waals surface area (Å²) >= 11 is 0. The summed E-state index contributed by atoms with van der Waals surface area (Å²) in [5.41, 5.74) is -7.32. The lowest BCUT2D eigenvalue weighted by Gasteiger charge is -2.35. The Labute approximate surface area is 133 Å². The predicted molar refractivity (Wildman–Crippen MR) is 71.0 cm³/mol. The number of carbonyl (C=O) groups excluding carboxylic acids is 1. The van der Waals surface area contributed by atoms with Gasteiger partial charge in [-0.1, -0.05) is 24.3 Å². The first-order valence-corrected chi connectivity index (χ1v) is 6.54. The molecular weight excluding hydrogens is 335 g/mol. The van der Waals surface area contributed by atoms with Crippen molar-refractivity contribution in [2.75, 3.05) is 7.11 Å². The lowest BCUT2D eigenvalue weighted by molar-refractivity contribution is -0.336. The minimum Gasteiger partial charge on any atom is -0.546 e. The third kappa shape index (κ3) is 2.47. The van der Waals surface area contributed by atoms with Gasteiger partial charge < -0.3 is 14.6 Å². The van der Waals surface area contributed by atoms with Crippen LogP contribution in [0.25, 0.3) is 0 Å². The second kappa shape index (κ2) is 6.10. The number of benzene rings is 2. The predicted octanol–water partition coefficient (Wildman–Crippen LogP) is 2.68. The summed E-state index contributed by atoms with van der Waals surface area (Å²) in [5, 5.41) is 11.3. The van der Waals surface area contributed by atoms with Crippen LogP contribution in [0.3, 0.4) is 0 Å². The smallest absolute Gasteiger partial charge is 0.319 e. The van der Waals surface area contributed by atoms with Gasteiger partial charge in [-0.25, -0.2) is 13.2 Å². The van der Waals surface area contributed by atoms with E-state index in [9.17, 15) is 27.5 Å². The monoisotopic (exact) mass is 345 g/mol. The first kappa shape index (κ1) is 17.7. The number of carboxylic acids is 1. The van der Waals surface area contributed by atoms with E-state index in [0.29, 0.717) is 18.2 Å². The third-order valence-electron chi connectivity index (χ3n) is 3.48. The molecule has 24 heavy (non-hydrogen) atoms. The summed E-state index contributed by atoms with van der Waals surface area (Å²) in [6, 6.07) is 5.80. The Balaban J connectivity index is 2.78. The molecule has 1 atom stereocenters. The van der Waals surface area contributed by atoms with Crippen molar-refractivity contribution in [3.05, 3.63) is 65.2 Å². The molecule has 0 N–H and O–H groups in total. The highest BCUT2D eigenvalue weighted by atomic mass is 19.3.